The Morgan fingerprint density at radius 3 is 2.94 bits per heavy atom. The predicted octanol–water partition coefficient (Wildman–Crippen LogP) is -0.856. The van der Waals surface area contributed by atoms with Gasteiger partial charge in [0.25, 0.3) is 0 Å². The summed E-state index contributed by atoms with van der Waals surface area (Å²) >= 11 is 0. The molecule has 0 aromatic heterocycles. The van der Waals surface area contributed by atoms with Crippen molar-refractivity contribution in [1.29, 1.82) is 0 Å². The Bertz CT molecular complexity index is 276. The van der Waals surface area contributed by atoms with E-state index in [0.29, 0.717) is 32.8 Å². The van der Waals surface area contributed by atoms with Crippen molar-refractivity contribution in [2.24, 2.45) is 0 Å². The number of imide groups is 1. The van der Waals surface area contributed by atoms with Crippen molar-refractivity contribution in [2.45, 2.75) is 31.4 Å². The summed E-state index contributed by atoms with van der Waals surface area (Å²) in [6, 6.07) is -0.274. The average Bonchev–Trinajstić information content (AvgIpc) is 2.29. The van der Waals surface area contributed by atoms with Gasteiger partial charge >= 0.3 is 0 Å². The van der Waals surface area contributed by atoms with E-state index in [1.54, 1.807) is 0 Å². The van der Waals surface area contributed by atoms with Crippen LogP contribution in [-0.2, 0) is 19.1 Å². The lowest BCUT2D eigenvalue weighted by Crippen LogP contribution is -2.52. The molecular formula is C10H16N2O4. The van der Waals surface area contributed by atoms with Crippen molar-refractivity contribution in [3.8, 4) is 0 Å². The maximum Gasteiger partial charge on any atom is 0.243 e. The van der Waals surface area contributed by atoms with Gasteiger partial charge in [-0.3, -0.25) is 14.9 Å². The Kier molecular flexibility index (Phi) is 3.87. The molecule has 2 heterocycles. The van der Waals surface area contributed by atoms with Gasteiger partial charge in [-0.25, -0.2) is 0 Å². The Morgan fingerprint density at radius 1 is 1.38 bits per heavy atom. The highest BCUT2D eigenvalue weighted by molar-refractivity contribution is 6.00. The topological polar surface area (TPSA) is 76.7 Å². The minimum absolute atomic E-state index is 0.0965. The molecule has 0 saturated carbocycles. The van der Waals surface area contributed by atoms with E-state index < -0.39 is 0 Å². The van der Waals surface area contributed by atoms with Gasteiger partial charge in [0.2, 0.25) is 11.8 Å². The number of amides is 2. The molecule has 16 heavy (non-hydrogen) atoms. The number of hydrogen-bond acceptors (Lipinski definition) is 5. The summed E-state index contributed by atoms with van der Waals surface area (Å²) in [5.41, 5.74) is 0. The first-order chi connectivity index (χ1) is 7.75. The molecule has 2 aliphatic rings. The van der Waals surface area contributed by atoms with Crippen LogP contribution in [0.5, 0.6) is 0 Å². The predicted molar refractivity (Wildman–Crippen MR) is 54.5 cm³/mol. The molecular weight excluding hydrogens is 212 g/mol. The van der Waals surface area contributed by atoms with Crippen molar-refractivity contribution in [3.63, 3.8) is 0 Å². The maximum atomic E-state index is 11.4. The first-order valence-corrected chi connectivity index (χ1v) is 5.52. The monoisotopic (exact) mass is 228 g/mol. The Morgan fingerprint density at radius 2 is 2.25 bits per heavy atom. The van der Waals surface area contributed by atoms with Gasteiger partial charge in [-0.2, -0.15) is 0 Å². The summed E-state index contributed by atoms with van der Waals surface area (Å²) in [6.07, 6.45) is 1.89. The van der Waals surface area contributed by atoms with E-state index in [9.17, 15) is 9.59 Å². The van der Waals surface area contributed by atoms with Crippen LogP contribution in [0, 0.1) is 0 Å². The number of hydrogen-bond donors (Lipinski definition) is 2. The molecule has 0 radical (unpaired) electrons. The lowest BCUT2D eigenvalue weighted by Gasteiger charge is -2.27. The first kappa shape index (κ1) is 11.5. The van der Waals surface area contributed by atoms with Crippen molar-refractivity contribution in [2.75, 3.05) is 19.9 Å². The van der Waals surface area contributed by atoms with Gasteiger partial charge in [0.05, 0.1) is 18.8 Å². The highest BCUT2D eigenvalue weighted by atomic mass is 16.7. The Labute approximate surface area is 93.7 Å². The molecule has 0 aliphatic carbocycles. The van der Waals surface area contributed by atoms with E-state index in [0.717, 1.165) is 6.42 Å². The molecule has 2 aliphatic heterocycles. The molecule has 2 amide bonds. The highest BCUT2D eigenvalue weighted by Crippen LogP contribution is 2.08. The van der Waals surface area contributed by atoms with E-state index in [-0.39, 0.29) is 24.0 Å². The highest BCUT2D eigenvalue weighted by Gasteiger charge is 2.27. The van der Waals surface area contributed by atoms with Gasteiger partial charge in [-0.1, -0.05) is 0 Å². The van der Waals surface area contributed by atoms with Crippen LogP contribution in [0.2, 0.25) is 0 Å². The largest absolute Gasteiger partial charge is 0.355 e. The molecule has 0 aromatic carbocycles. The van der Waals surface area contributed by atoms with Gasteiger partial charge in [0, 0.05) is 13.0 Å². The third-order valence-corrected chi connectivity index (χ3v) is 2.80. The standard InChI is InChI=1S/C10H16N2O4/c13-9-2-1-8(10(14)12-9)11-5-7-3-4-15-6-16-7/h7-8,11H,1-6H2,(H,12,13,14). The zero-order valence-electron chi connectivity index (χ0n) is 9.03. The smallest absolute Gasteiger partial charge is 0.243 e. The molecule has 2 saturated heterocycles. The van der Waals surface area contributed by atoms with E-state index in [1.807, 2.05) is 0 Å². The van der Waals surface area contributed by atoms with Gasteiger partial charge in [-0.15, -0.1) is 0 Å². The summed E-state index contributed by atoms with van der Waals surface area (Å²) in [6.45, 7) is 1.64. The van der Waals surface area contributed by atoms with Gasteiger partial charge < -0.3 is 14.8 Å². The fourth-order valence-electron chi connectivity index (χ4n) is 1.82. The van der Waals surface area contributed by atoms with Crippen molar-refractivity contribution >= 4 is 11.8 Å². The summed E-state index contributed by atoms with van der Waals surface area (Å²) in [4.78, 5) is 22.3. The fourth-order valence-corrected chi connectivity index (χ4v) is 1.82. The first-order valence-electron chi connectivity index (χ1n) is 5.52. The Balaban J connectivity index is 1.72. The van der Waals surface area contributed by atoms with E-state index in [4.69, 9.17) is 9.47 Å². The van der Waals surface area contributed by atoms with E-state index in [2.05, 4.69) is 10.6 Å². The summed E-state index contributed by atoms with van der Waals surface area (Å²) in [5, 5.41) is 5.43. The molecule has 0 spiro atoms. The van der Waals surface area contributed by atoms with Crippen LogP contribution >= 0.6 is 0 Å². The number of rotatable bonds is 3. The number of carbonyl (C=O) groups is 2. The number of carbonyl (C=O) groups excluding carboxylic acids is 2. The van der Waals surface area contributed by atoms with Crippen molar-refractivity contribution < 1.29 is 19.1 Å². The number of nitrogens with one attached hydrogen (secondary N) is 2. The van der Waals surface area contributed by atoms with Crippen LogP contribution in [0.4, 0.5) is 0 Å². The Hall–Kier alpha value is -0.980. The zero-order chi connectivity index (χ0) is 11.4. The van der Waals surface area contributed by atoms with Crippen LogP contribution in [-0.4, -0.2) is 43.9 Å². The molecule has 2 unspecified atom stereocenters. The SMILES string of the molecule is O=C1CCC(NCC2CCOCO2)C(=O)N1. The normalized spacial score (nSPS) is 31.2. The average molecular weight is 228 g/mol. The lowest BCUT2D eigenvalue weighted by molar-refractivity contribution is -0.140. The second-order valence-corrected chi connectivity index (χ2v) is 4.02. The minimum atomic E-state index is -0.274. The molecule has 2 atom stereocenters. The van der Waals surface area contributed by atoms with Gasteiger partial charge in [-0.05, 0) is 12.8 Å². The van der Waals surface area contributed by atoms with Gasteiger partial charge in [0.15, 0.2) is 0 Å². The third-order valence-electron chi connectivity index (χ3n) is 2.80. The summed E-state index contributed by atoms with van der Waals surface area (Å²) in [5.74, 6) is -0.423. The molecule has 0 bridgehead atoms. The molecule has 2 fully saturated rings. The molecule has 2 N–H and O–H groups in total. The van der Waals surface area contributed by atoms with Crippen LogP contribution < -0.4 is 10.6 Å². The number of piperidine rings is 1. The van der Waals surface area contributed by atoms with E-state index >= 15 is 0 Å². The lowest BCUT2D eigenvalue weighted by atomic mass is 10.1. The number of ether oxygens (including phenoxy) is 2. The molecule has 6 nitrogen and oxygen atoms in total. The quantitative estimate of drug-likeness (QED) is 0.615. The second kappa shape index (κ2) is 5.38. The molecule has 0 aromatic rings. The van der Waals surface area contributed by atoms with Crippen molar-refractivity contribution in [1.82, 2.24) is 10.6 Å². The molecule has 2 rings (SSSR count). The molecule has 90 valence electrons. The fraction of sp³-hybridized carbons (Fsp3) is 0.800. The third kappa shape index (κ3) is 3.01. The summed E-state index contributed by atoms with van der Waals surface area (Å²) in [7, 11) is 0. The van der Waals surface area contributed by atoms with E-state index in [1.165, 1.54) is 0 Å². The zero-order valence-corrected chi connectivity index (χ0v) is 9.03. The van der Waals surface area contributed by atoms with Crippen molar-refractivity contribution in [3.05, 3.63) is 0 Å². The van der Waals surface area contributed by atoms with Gasteiger partial charge in [0.1, 0.15) is 6.79 Å². The second-order valence-electron chi connectivity index (χ2n) is 4.02. The molecule has 6 heteroatoms. The van der Waals surface area contributed by atoms with Crippen LogP contribution in [0.15, 0.2) is 0 Å². The van der Waals surface area contributed by atoms with Crippen LogP contribution in [0.1, 0.15) is 19.3 Å². The minimum Gasteiger partial charge on any atom is -0.355 e. The van der Waals surface area contributed by atoms with Crippen LogP contribution in [0.25, 0.3) is 0 Å². The summed E-state index contributed by atoms with van der Waals surface area (Å²) < 4.78 is 10.4. The van der Waals surface area contributed by atoms with Crippen LogP contribution in [0.3, 0.4) is 0 Å². The maximum absolute atomic E-state index is 11.4.